The van der Waals surface area contributed by atoms with Crippen molar-refractivity contribution in [3.05, 3.63) is 63.3 Å². The van der Waals surface area contributed by atoms with Gasteiger partial charge in [0.2, 0.25) is 0 Å². The third-order valence-corrected chi connectivity index (χ3v) is 6.93. The molecule has 0 radical (unpaired) electrons. The third kappa shape index (κ3) is 22.1. The molecule has 18 heteroatoms. The summed E-state index contributed by atoms with van der Waals surface area (Å²) in [7, 11) is 0. The normalized spacial score (nSPS) is 10.5. The molecule has 0 heterocycles. The second kappa shape index (κ2) is 27.7. The second-order valence-electron chi connectivity index (χ2n) is 11.5. The van der Waals surface area contributed by atoms with Gasteiger partial charge < -0.3 is 48.5 Å². The van der Waals surface area contributed by atoms with Gasteiger partial charge in [-0.2, -0.15) is 0 Å². The van der Waals surface area contributed by atoms with E-state index in [9.17, 15) is 38.4 Å². The summed E-state index contributed by atoms with van der Waals surface area (Å²) < 4.78 is 41.2. The first kappa shape index (κ1) is 48.1. The van der Waals surface area contributed by atoms with E-state index >= 15 is 0 Å². The quantitative estimate of drug-likeness (QED) is 0.0482. The van der Waals surface area contributed by atoms with Crippen molar-refractivity contribution in [2.45, 2.75) is 39.0 Å². The van der Waals surface area contributed by atoms with Gasteiger partial charge in [-0.15, -0.1) is 0 Å². The highest BCUT2D eigenvalue weighted by Crippen LogP contribution is 2.23. The summed E-state index contributed by atoms with van der Waals surface area (Å²) in [6, 6.07) is 0. The average molecular weight is 767 g/mol. The van der Waals surface area contributed by atoms with Crippen LogP contribution in [-0.4, -0.2) is 114 Å². The van der Waals surface area contributed by atoms with Gasteiger partial charge in [0.25, 0.3) is 0 Å². The smallest absolute Gasteiger partial charge is 0.407 e. The molecule has 0 atom stereocenters. The lowest BCUT2D eigenvalue weighted by molar-refractivity contribution is -0.163. The minimum absolute atomic E-state index is 0.0425. The summed E-state index contributed by atoms with van der Waals surface area (Å²) in [6.45, 7) is 14.9. The van der Waals surface area contributed by atoms with Gasteiger partial charge in [-0.25, -0.2) is 33.6 Å². The van der Waals surface area contributed by atoms with Gasteiger partial charge in [-0.05, 0) is 12.8 Å². The van der Waals surface area contributed by atoms with Crippen molar-refractivity contribution in [2.75, 3.05) is 65.9 Å². The topological polar surface area (TPSA) is 234 Å². The Kier molecular flexibility index (Phi) is 24.6. The summed E-state index contributed by atoms with van der Waals surface area (Å²) in [5, 5.41) is 5.13. The summed E-state index contributed by atoms with van der Waals surface area (Å²) in [5.74, 6) is -4.64. The van der Waals surface area contributed by atoms with E-state index in [1.165, 1.54) is 0 Å². The zero-order valence-corrected chi connectivity index (χ0v) is 30.6. The molecular formula is C36H50N2O16. The molecule has 2 N–H and O–H groups in total. The summed E-state index contributed by atoms with van der Waals surface area (Å²) in [5.41, 5.74) is -2.90. The first-order valence-electron chi connectivity index (χ1n) is 16.7. The van der Waals surface area contributed by atoms with Crippen molar-refractivity contribution >= 4 is 48.0 Å². The highest BCUT2D eigenvalue weighted by molar-refractivity contribution is 5.83. The maximum Gasteiger partial charge on any atom is 0.407 e. The standard InChI is InChI=1S/C36H50N2O16/c1-7-27(39)47-19-35(20-48-28(40)8-2,21-49-29(41)9-3)25-53-33(45)37-17-15-13-14-16-18-38-34(46)54-26-36(22-50-30(42)10-4,23-51-31(43)11-5)24-52-32(44)12-6/h7-11H,1-5,12-26H2,6H3,(H,37,45)(H,38,46). The van der Waals surface area contributed by atoms with E-state index < -0.39 is 112 Å². The number of hydrogen-bond donors (Lipinski definition) is 2. The van der Waals surface area contributed by atoms with Crippen molar-refractivity contribution in [3.8, 4) is 0 Å². The first-order valence-corrected chi connectivity index (χ1v) is 16.7. The summed E-state index contributed by atoms with van der Waals surface area (Å²) in [6.07, 6.45) is 5.23. The molecule has 2 amide bonds. The first-order chi connectivity index (χ1) is 25.7. The fourth-order valence-electron chi connectivity index (χ4n) is 3.78. The number of unbranched alkanes of at least 4 members (excludes halogenated alkanes) is 3. The molecule has 0 fully saturated rings. The number of nitrogens with one attached hydrogen (secondary N) is 2. The predicted molar refractivity (Wildman–Crippen MR) is 189 cm³/mol. The number of hydrogen-bond acceptors (Lipinski definition) is 16. The molecule has 0 unspecified atom stereocenters. The SMILES string of the molecule is C=CC(=O)OCC(COC(=O)C=C)(COC(=O)C=C)COC(=O)NCCCCCCNC(=O)OCC(COC(=O)C=C)(COC(=O)C=C)COC(=O)CC. The number of alkyl carbamates (subject to hydrolysis) is 2. The van der Waals surface area contributed by atoms with E-state index in [4.69, 9.17) is 37.9 Å². The molecule has 0 aromatic carbocycles. The van der Waals surface area contributed by atoms with Crippen LogP contribution in [0.1, 0.15) is 39.0 Å². The number of rotatable bonds is 29. The molecule has 300 valence electrons. The molecule has 0 rings (SSSR count). The fraction of sp³-hybridized carbons (Fsp3) is 0.500. The third-order valence-electron chi connectivity index (χ3n) is 6.93. The summed E-state index contributed by atoms with van der Waals surface area (Å²) in [4.78, 5) is 95.3. The Morgan fingerprint density at radius 3 is 0.944 bits per heavy atom. The Bertz CT molecular complexity index is 1260. The lowest BCUT2D eigenvalue weighted by Crippen LogP contribution is -2.44. The second-order valence-corrected chi connectivity index (χ2v) is 11.5. The van der Waals surface area contributed by atoms with Crippen LogP contribution in [0.5, 0.6) is 0 Å². The van der Waals surface area contributed by atoms with Crippen LogP contribution in [-0.2, 0) is 66.7 Å². The molecule has 0 aliphatic heterocycles. The Balaban J connectivity index is 4.96. The molecule has 0 saturated heterocycles. The zero-order chi connectivity index (χ0) is 40.8. The predicted octanol–water partition coefficient (Wildman–Crippen LogP) is 2.57. The van der Waals surface area contributed by atoms with Crippen molar-refractivity contribution in [3.63, 3.8) is 0 Å². The molecule has 0 aliphatic carbocycles. The van der Waals surface area contributed by atoms with Gasteiger partial charge in [0.05, 0.1) is 0 Å². The highest BCUT2D eigenvalue weighted by atomic mass is 16.6. The maximum absolute atomic E-state index is 12.4. The molecule has 0 spiro atoms. The molecular weight excluding hydrogens is 716 g/mol. The van der Waals surface area contributed by atoms with E-state index in [1.807, 2.05) is 0 Å². The van der Waals surface area contributed by atoms with Crippen LogP contribution in [0.25, 0.3) is 0 Å². The van der Waals surface area contributed by atoms with Crippen LogP contribution in [0.4, 0.5) is 9.59 Å². The van der Waals surface area contributed by atoms with Crippen molar-refractivity contribution < 1.29 is 76.3 Å². The van der Waals surface area contributed by atoms with E-state index in [0.29, 0.717) is 25.7 Å². The highest BCUT2D eigenvalue weighted by Gasteiger charge is 2.39. The molecule has 0 saturated carbocycles. The van der Waals surface area contributed by atoms with Crippen LogP contribution in [0.15, 0.2) is 63.3 Å². The van der Waals surface area contributed by atoms with Crippen LogP contribution in [0, 0.1) is 10.8 Å². The van der Waals surface area contributed by atoms with Crippen LogP contribution < -0.4 is 10.6 Å². The maximum atomic E-state index is 12.4. The molecule has 0 bridgehead atoms. The van der Waals surface area contributed by atoms with Crippen LogP contribution in [0.3, 0.4) is 0 Å². The van der Waals surface area contributed by atoms with Gasteiger partial charge in [0, 0.05) is 49.9 Å². The van der Waals surface area contributed by atoms with Gasteiger partial charge in [0.15, 0.2) is 0 Å². The number of carbonyl (C=O) groups excluding carboxylic acids is 8. The number of amides is 2. The Labute approximate surface area is 313 Å². The van der Waals surface area contributed by atoms with Gasteiger partial charge >= 0.3 is 48.0 Å². The van der Waals surface area contributed by atoms with Crippen LogP contribution >= 0.6 is 0 Å². The van der Waals surface area contributed by atoms with E-state index in [0.717, 1.165) is 30.4 Å². The van der Waals surface area contributed by atoms with Gasteiger partial charge in [-0.1, -0.05) is 52.7 Å². The Morgan fingerprint density at radius 1 is 0.426 bits per heavy atom. The van der Waals surface area contributed by atoms with Crippen molar-refractivity contribution in [2.24, 2.45) is 10.8 Å². The fourth-order valence-corrected chi connectivity index (χ4v) is 3.78. The number of ether oxygens (including phenoxy) is 8. The monoisotopic (exact) mass is 766 g/mol. The van der Waals surface area contributed by atoms with E-state index in [1.54, 1.807) is 6.92 Å². The Hall–Kier alpha value is -5.94. The van der Waals surface area contributed by atoms with E-state index in [2.05, 4.69) is 43.5 Å². The average Bonchev–Trinajstić information content (AvgIpc) is 3.19. The lowest BCUT2D eigenvalue weighted by atomic mass is 9.92. The van der Waals surface area contributed by atoms with Crippen molar-refractivity contribution in [1.82, 2.24) is 10.6 Å². The Morgan fingerprint density at radius 2 is 0.685 bits per heavy atom. The molecule has 54 heavy (non-hydrogen) atoms. The largest absolute Gasteiger partial charge is 0.465 e. The molecule has 0 aromatic rings. The molecule has 0 aromatic heterocycles. The number of esters is 6. The van der Waals surface area contributed by atoms with E-state index in [-0.39, 0.29) is 19.5 Å². The van der Waals surface area contributed by atoms with Gasteiger partial charge in [-0.3, -0.25) is 4.79 Å². The van der Waals surface area contributed by atoms with Gasteiger partial charge in [0.1, 0.15) is 63.7 Å². The summed E-state index contributed by atoms with van der Waals surface area (Å²) >= 11 is 0. The minimum atomic E-state index is -1.47. The van der Waals surface area contributed by atoms with Crippen LogP contribution in [0.2, 0.25) is 0 Å². The lowest BCUT2D eigenvalue weighted by Gasteiger charge is -2.31. The van der Waals surface area contributed by atoms with Crippen molar-refractivity contribution in [1.29, 1.82) is 0 Å². The molecule has 18 nitrogen and oxygen atoms in total. The minimum Gasteiger partial charge on any atom is -0.465 e. The number of carbonyl (C=O) groups is 8. The zero-order valence-electron chi connectivity index (χ0n) is 30.6. The molecule has 0 aliphatic rings.